The number of methoxy groups -OCH3 is 1. The zero-order valence-electron chi connectivity index (χ0n) is 16.5. The number of ether oxygens (including phenoxy) is 3. The van der Waals surface area contributed by atoms with E-state index in [9.17, 15) is 24.3 Å². The first-order chi connectivity index (χ1) is 12.7. The summed E-state index contributed by atoms with van der Waals surface area (Å²) >= 11 is 0. The van der Waals surface area contributed by atoms with Gasteiger partial charge in [0.15, 0.2) is 0 Å². The van der Waals surface area contributed by atoms with E-state index in [0.717, 1.165) is 7.11 Å². The van der Waals surface area contributed by atoms with Gasteiger partial charge in [0.05, 0.1) is 12.7 Å². The van der Waals surface area contributed by atoms with E-state index in [1.165, 1.54) is 31.2 Å². The van der Waals surface area contributed by atoms with Crippen LogP contribution in [0.5, 0.6) is 0 Å². The van der Waals surface area contributed by atoms with Crippen molar-refractivity contribution >= 4 is 23.9 Å². The molecular formula is C19H25NO8. The van der Waals surface area contributed by atoms with Crippen LogP contribution < -0.4 is 5.73 Å². The van der Waals surface area contributed by atoms with Crippen LogP contribution in [0.25, 0.3) is 0 Å². The Morgan fingerprint density at radius 1 is 0.964 bits per heavy atom. The predicted molar refractivity (Wildman–Crippen MR) is 97.3 cm³/mol. The van der Waals surface area contributed by atoms with Crippen LogP contribution in [0, 0.1) is 0 Å². The van der Waals surface area contributed by atoms with Gasteiger partial charge in [0.2, 0.25) is 0 Å². The molecule has 0 heterocycles. The number of hydrogen-bond acceptors (Lipinski definition) is 8. The van der Waals surface area contributed by atoms with E-state index in [-0.39, 0.29) is 5.56 Å². The summed E-state index contributed by atoms with van der Waals surface area (Å²) in [6.07, 6.45) is -0.893. The van der Waals surface area contributed by atoms with Crippen LogP contribution in [0.2, 0.25) is 0 Å². The molecule has 2 unspecified atom stereocenters. The molecular weight excluding hydrogens is 370 g/mol. The predicted octanol–water partition coefficient (Wildman–Crippen LogP) is 1.29. The molecule has 0 saturated heterocycles. The normalized spacial score (nSPS) is 15.5. The molecule has 0 fully saturated rings. The lowest BCUT2D eigenvalue weighted by Gasteiger charge is -2.34. The van der Waals surface area contributed by atoms with Crippen LogP contribution in [0.3, 0.4) is 0 Å². The standard InChI is InChI=1S/C19H25NO8/c1-17(2,3)28-15(24)18(4,20)11-19(14(22)23,16(25)26-5)27-13(21)12-9-7-6-8-10-12/h6-10H,11,20H2,1-5H3,(H,22,23). The first-order valence-corrected chi connectivity index (χ1v) is 8.38. The van der Waals surface area contributed by atoms with Gasteiger partial charge in [0.1, 0.15) is 11.1 Å². The molecule has 28 heavy (non-hydrogen) atoms. The molecule has 1 rings (SSSR count). The van der Waals surface area contributed by atoms with Gasteiger partial charge in [-0.3, -0.25) is 4.79 Å². The summed E-state index contributed by atoms with van der Waals surface area (Å²) in [5, 5.41) is 9.71. The van der Waals surface area contributed by atoms with Crippen molar-refractivity contribution in [3.05, 3.63) is 35.9 Å². The lowest BCUT2D eigenvalue weighted by Crippen LogP contribution is -2.60. The largest absolute Gasteiger partial charge is 0.478 e. The Kier molecular flexibility index (Phi) is 6.92. The Hall–Kier alpha value is -2.94. The van der Waals surface area contributed by atoms with Gasteiger partial charge in [0, 0.05) is 6.42 Å². The molecule has 0 saturated carbocycles. The maximum absolute atomic E-state index is 12.4. The van der Waals surface area contributed by atoms with Crippen molar-refractivity contribution in [3.63, 3.8) is 0 Å². The van der Waals surface area contributed by atoms with Gasteiger partial charge in [0.25, 0.3) is 0 Å². The molecule has 1 aromatic rings. The summed E-state index contributed by atoms with van der Waals surface area (Å²) in [7, 11) is 0.928. The minimum atomic E-state index is -2.85. The van der Waals surface area contributed by atoms with Crippen molar-refractivity contribution in [2.75, 3.05) is 7.11 Å². The Balaban J connectivity index is 3.31. The highest BCUT2D eigenvalue weighted by Crippen LogP contribution is 2.29. The van der Waals surface area contributed by atoms with Crippen molar-refractivity contribution in [3.8, 4) is 0 Å². The molecule has 2 atom stereocenters. The first kappa shape index (κ1) is 23.1. The third-order valence-corrected chi connectivity index (χ3v) is 3.62. The smallest absolute Gasteiger partial charge is 0.362 e. The van der Waals surface area contributed by atoms with Gasteiger partial charge in [-0.2, -0.15) is 0 Å². The van der Waals surface area contributed by atoms with Crippen molar-refractivity contribution in [2.45, 2.75) is 50.9 Å². The quantitative estimate of drug-likeness (QED) is 0.396. The summed E-state index contributed by atoms with van der Waals surface area (Å²) in [6.45, 7) is 5.97. The number of carbonyl (C=O) groups is 4. The summed E-state index contributed by atoms with van der Waals surface area (Å²) in [5.41, 5.74) is 0.241. The van der Waals surface area contributed by atoms with Crippen molar-refractivity contribution < 1.29 is 38.5 Å². The van der Waals surface area contributed by atoms with E-state index in [1.807, 2.05) is 0 Å². The van der Waals surface area contributed by atoms with E-state index < -0.39 is 47.0 Å². The van der Waals surface area contributed by atoms with Crippen molar-refractivity contribution in [2.24, 2.45) is 5.73 Å². The fraction of sp³-hybridized carbons (Fsp3) is 0.474. The van der Waals surface area contributed by atoms with Crippen molar-refractivity contribution in [1.82, 2.24) is 0 Å². The number of carboxylic acids is 1. The van der Waals surface area contributed by atoms with Gasteiger partial charge < -0.3 is 25.1 Å². The number of esters is 3. The second-order valence-corrected chi connectivity index (χ2v) is 7.48. The van der Waals surface area contributed by atoms with Gasteiger partial charge >= 0.3 is 29.5 Å². The Labute approximate surface area is 162 Å². The average molecular weight is 395 g/mol. The highest BCUT2D eigenvalue weighted by atomic mass is 16.6. The SMILES string of the molecule is COC(=O)C(CC(C)(N)C(=O)OC(C)(C)C)(OC(=O)c1ccccc1)C(=O)O. The fourth-order valence-corrected chi connectivity index (χ4v) is 2.30. The molecule has 0 aliphatic heterocycles. The minimum Gasteiger partial charge on any atom is -0.478 e. The first-order valence-electron chi connectivity index (χ1n) is 8.38. The number of rotatable bonds is 7. The maximum atomic E-state index is 12.4. The van der Waals surface area contributed by atoms with Gasteiger partial charge in [-0.25, -0.2) is 14.4 Å². The van der Waals surface area contributed by atoms with E-state index in [4.69, 9.17) is 15.2 Å². The topological polar surface area (TPSA) is 142 Å². The minimum absolute atomic E-state index is 0.00743. The second kappa shape index (κ2) is 8.39. The molecule has 3 N–H and O–H groups in total. The fourth-order valence-electron chi connectivity index (χ4n) is 2.30. The average Bonchev–Trinajstić information content (AvgIpc) is 2.59. The van der Waals surface area contributed by atoms with Crippen LogP contribution in [0.4, 0.5) is 0 Å². The number of benzene rings is 1. The molecule has 0 aromatic heterocycles. The number of nitrogens with two attached hydrogens (primary N) is 1. The lowest BCUT2D eigenvalue weighted by molar-refractivity contribution is -0.183. The molecule has 0 aliphatic carbocycles. The van der Waals surface area contributed by atoms with Gasteiger partial charge in [-0.15, -0.1) is 0 Å². The number of carboxylic acid groups (broad SMARTS) is 1. The summed E-state index contributed by atoms with van der Waals surface area (Å²) in [6, 6.07) is 7.46. The molecule has 9 nitrogen and oxygen atoms in total. The monoisotopic (exact) mass is 395 g/mol. The number of carbonyl (C=O) groups excluding carboxylic acids is 3. The lowest BCUT2D eigenvalue weighted by atomic mass is 9.85. The van der Waals surface area contributed by atoms with E-state index in [2.05, 4.69) is 4.74 Å². The third kappa shape index (κ3) is 5.53. The second-order valence-electron chi connectivity index (χ2n) is 7.48. The van der Waals surface area contributed by atoms with Crippen LogP contribution in [0.1, 0.15) is 44.5 Å². The van der Waals surface area contributed by atoms with Crippen LogP contribution in [-0.4, -0.2) is 52.8 Å². The molecule has 0 radical (unpaired) electrons. The van der Waals surface area contributed by atoms with Gasteiger partial charge in [-0.1, -0.05) is 18.2 Å². The Morgan fingerprint density at radius 3 is 1.93 bits per heavy atom. The molecule has 0 amide bonds. The zero-order chi connectivity index (χ0) is 21.8. The van der Waals surface area contributed by atoms with Gasteiger partial charge in [-0.05, 0) is 39.8 Å². The summed E-state index contributed by atoms with van der Waals surface area (Å²) < 4.78 is 14.8. The Morgan fingerprint density at radius 2 is 1.50 bits per heavy atom. The van der Waals surface area contributed by atoms with E-state index in [1.54, 1.807) is 26.8 Å². The number of aliphatic carboxylic acids is 1. The van der Waals surface area contributed by atoms with E-state index >= 15 is 0 Å². The highest BCUT2D eigenvalue weighted by molar-refractivity contribution is 6.06. The van der Waals surface area contributed by atoms with Crippen molar-refractivity contribution in [1.29, 1.82) is 0 Å². The third-order valence-electron chi connectivity index (χ3n) is 3.62. The molecule has 0 bridgehead atoms. The Bertz CT molecular complexity index is 751. The summed E-state index contributed by atoms with van der Waals surface area (Å²) in [4.78, 5) is 49.2. The van der Waals surface area contributed by atoms with Crippen LogP contribution >= 0.6 is 0 Å². The van der Waals surface area contributed by atoms with E-state index in [0.29, 0.717) is 0 Å². The molecule has 154 valence electrons. The zero-order valence-corrected chi connectivity index (χ0v) is 16.5. The molecule has 0 spiro atoms. The van der Waals surface area contributed by atoms with Crippen LogP contribution in [0.15, 0.2) is 30.3 Å². The van der Waals surface area contributed by atoms with Crippen LogP contribution in [-0.2, 0) is 28.6 Å². The number of hydrogen-bond donors (Lipinski definition) is 2. The molecule has 9 heteroatoms. The summed E-state index contributed by atoms with van der Waals surface area (Å²) in [5.74, 6) is -5.27. The maximum Gasteiger partial charge on any atom is 0.362 e. The molecule has 1 aromatic carbocycles. The highest BCUT2D eigenvalue weighted by Gasteiger charge is 2.57. The molecule has 0 aliphatic rings.